The summed E-state index contributed by atoms with van der Waals surface area (Å²) in [6, 6.07) is 11.3. The van der Waals surface area contributed by atoms with E-state index in [9.17, 15) is 17.6 Å². The molecule has 0 aromatic heterocycles. The van der Waals surface area contributed by atoms with Gasteiger partial charge in [-0.05, 0) is 48.2 Å². The van der Waals surface area contributed by atoms with Gasteiger partial charge in [0.25, 0.3) is 5.91 Å². The standard InChI is InChI=1S/C20H23FN2O4S/c1-2-11-28(25,26)23-10-9-15-7-8-17(12-16(15)13-23)22-20(24)14-27-19-6-4-3-5-18(19)21/h3-8,12H,2,9-11,13-14H2,1H3,(H,22,24). The molecule has 1 aliphatic rings. The third-order valence-corrected chi connectivity index (χ3v) is 6.54. The van der Waals surface area contributed by atoms with Crippen molar-refractivity contribution in [1.82, 2.24) is 4.31 Å². The number of rotatable bonds is 7. The maximum Gasteiger partial charge on any atom is 0.262 e. The maximum atomic E-state index is 13.5. The minimum absolute atomic E-state index is 0.0138. The Bertz CT molecular complexity index is 962. The van der Waals surface area contributed by atoms with Crippen LogP contribution in [0.3, 0.4) is 0 Å². The first-order chi connectivity index (χ1) is 13.4. The fraction of sp³-hybridized carbons (Fsp3) is 0.350. The lowest BCUT2D eigenvalue weighted by molar-refractivity contribution is -0.118. The van der Waals surface area contributed by atoms with Crippen molar-refractivity contribution >= 4 is 21.6 Å². The average Bonchev–Trinajstić information content (AvgIpc) is 2.67. The Balaban J connectivity index is 1.63. The summed E-state index contributed by atoms with van der Waals surface area (Å²) in [6.45, 7) is 2.28. The highest BCUT2D eigenvalue weighted by Crippen LogP contribution is 2.25. The van der Waals surface area contributed by atoms with Gasteiger partial charge < -0.3 is 10.1 Å². The van der Waals surface area contributed by atoms with Gasteiger partial charge in [-0.3, -0.25) is 4.79 Å². The number of anilines is 1. The van der Waals surface area contributed by atoms with Crippen LogP contribution < -0.4 is 10.1 Å². The summed E-state index contributed by atoms with van der Waals surface area (Å²) in [7, 11) is -3.26. The number of para-hydroxylation sites is 1. The Morgan fingerprint density at radius 3 is 2.75 bits per heavy atom. The van der Waals surface area contributed by atoms with Crippen LogP contribution in [0.2, 0.25) is 0 Å². The summed E-state index contributed by atoms with van der Waals surface area (Å²) in [5.41, 5.74) is 2.50. The minimum Gasteiger partial charge on any atom is -0.481 e. The lowest BCUT2D eigenvalue weighted by Crippen LogP contribution is -2.37. The Morgan fingerprint density at radius 2 is 2.00 bits per heavy atom. The number of nitrogens with zero attached hydrogens (tertiary/aromatic N) is 1. The SMILES string of the molecule is CCCS(=O)(=O)N1CCc2ccc(NC(=O)COc3ccccc3F)cc2C1. The summed E-state index contributed by atoms with van der Waals surface area (Å²) in [6.07, 6.45) is 1.21. The van der Waals surface area contributed by atoms with E-state index in [2.05, 4.69) is 5.32 Å². The molecule has 1 N–H and O–H groups in total. The highest BCUT2D eigenvalue weighted by atomic mass is 32.2. The van der Waals surface area contributed by atoms with Crippen LogP contribution in [0.25, 0.3) is 0 Å². The van der Waals surface area contributed by atoms with Gasteiger partial charge in [-0.2, -0.15) is 4.31 Å². The normalized spacial score (nSPS) is 14.4. The number of hydrogen-bond acceptors (Lipinski definition) is 4. The number of benzene rings is 2. The molecule has 0 saturated heterocycles. The number of sulfonamides is 1. The van der Waals surface area contributed by atoms with Crippen molar-refractivity contribution in [2.24, 2.45) is 0 Å². The van der Waals surface area contributed by atoms with E-state index in [0.717, 1.165) is 11.1 Å². The largest absolute Gasteiger partial charge is 0.481 e. The molecule has 0 fully saturated rings. The summed E-state index contributed by atoms with van der Waals surface area (Å²) in [5, 5.41) is 2.71. The summed E-state index contributed by atoms with van der Waals surface area (Å²) >= 11 is 0. The summed E-state index contributed by atoms with van der Waals surface area (Å²) in [4.78, 5) is 12.1. The number of nitrogens with one attached hydrogen (secondary N) is 1. The van der Waals surface area contributed by atoms with Crippen LogP contribution in [0.4, 0.5) is 10.1 Å². The van der Waals surface area contributed by atoms with Crippen LogP contribution in [-0.2, 0) is 27.8 Å². The third kappa shape index (κ3) is 4.88. The van der Waals surface area contributed by atoms with Crippen molar-refractivity contribution in [3.05, 3.63) is 59.4 Å². The van der Waals surface area contributed by atoms with Gasteiger partial charge in [0.1, 0.15) is 0 Å². The van der Waals surface area contributed by atoms with E-state index >= 15 is 0 Å². The van der Waals surface area contributed by atoms with E-state index in [1.165, 1.54) is 16.4 Å². The van der Waals surface area contributed by atoms with Crippen molar-refractivity contribution in [3.63, 3.8) is 0 Å². The van der Waals surface area contributed by atoms with Gasteiger partial charge in [0.05, 0.1) is 5.75 Å². The maximum absolute atomic E-state index is 13.5. The molecular weight excluding hydrogens is 383 g/mol. The second-order valence-electron chi connectivity index (χ2n) is 6.65. The van der Waals surface area contributed by atoms with Crippen molar-refractivity contribution in [1.29, 1.82) is 0 Å². The van der Waals surface area contributed by atoms with Crippen LogP contribution in [0.5, 0.6) is 5.75 Å². The van der Waals surface area contributed by atoms with E-state index < -0.39 is 21.7 Å². The lowest BCUT2D eigenvalue weighted by Gasteiger charge is -2.28. The Hall–Kier alpha value is -2.45. The van der Waals surface area contributed by atoms with Gasteiger partial charge >= 0.3 is 0 Å². The smallest absolute Gasteiger partial charge is 0.262 e. The molecule has 8 heteroatoms. The number of fused-ring (bicyclic) bond motifs is 1. The molecule has 0 unspecified atom stereocenters. The first-order valence-electron chi connectivity index (χ1n) is 9.16. The van der Waals surface area contributed by atoms with Crippen molar-refractivity contribution in [2.75, 3.05) is 24.2 Å². The molecule has 0 radical (unpaired) electrons. The molecule has 0 saturated carbocycles. The number of amides is 1. The van der Waals surface area contributed by atoms with Crippen LogP contribution in [-0.4, -0.2) is 37.5 Å². The first kappa shape index (κ1) is 20.3. The second kappa shape index (κ2) is 8.70. The number of halogens is 1. The van der Waals surface area contributed by atoms with Gasteiger partial charge in [0, 0.05) is 18.8 Å². The van der Waals surface area contributed by atoms with Gasteiger partial charge in [-0.15, -0.1) is 0 Å². The van der Waals surface area contributed by atoms with Crippen LogP contribution in [0.15, 0.2) is 42.5 Å². The van der Waals surface area contributed by atoms with E-state index in [1.807, 2.05) is 13.0 Å². The first-order valence-corrected chi connectivity index (χ1v) is 10.8. The third-order valence-electron chi connectivity index (χ3n) is 4.52. The molecule has 2 aromatic carbocycles. The zero-order valence-corrected chi connectivity index (χ0v) is 16.5. The molecule has 2 aromatic rings. The van der Waals surface area contributed by atoms with Crippen molar-refractivity contribution < 1.29 is 22.3 Å². The Morgan fingerprint density at radius 1 is 1.21 bits per heavy atom. The number of hydrogen-bond donors (Lipinski definition) is 1. The number of carbonyl (C=O) groups is 1. The quantitative estimate of drug-likeness (QED) is 0.767. The molecule has 0 aliphatic carbocycles. The van der Waals surface area contributed by atoms with Crippen LogP contribution >= 0.6 is 0 Å². The summed E-state index contributed by atoms with van der Waals surface area (Å²) in [5.74, 6) is -0.807. The topological polar surface area (TPSA) is 75.7 Å². The molecule has 1 heterocycles. The zero-order valence-electron chi connectivity index (χ0n) is 15.7. The molecule has 3 rings (SSSR count). The molecule has 0 bridgehead atoms. The number of carbonyl (C=O) groups excluding carboxylic acids is 1. The zero-order chi connectivity index (χ0) is 20.1. The van der Waals surface area contributed by atoms with Gasteiger partial charge in [-0.25, -0.2) is 12.8 Å². The van der Waals surface area contributed by atoms with E-state index in [4.69, 9.17) is 4.74 Å². The fourth-order valence-electron chi connectivity index (χ4n) is 3.14. The van der Waals surface area contributed by atoms with Crippen LogP contribution in [0, 0.1) is 5.82 Å². The molecule has 6 nitrogen and oxygen atoms in total. The average molecular weight is 406 g/mol. The van der Waals surface area contributed by atoms with E-state index in [0.29, 0.717) is 31.6 Å². The van der Waals surface area contributed by atoms with Gasteiger partial charge in [0.15, 0.2) is 18.2 Å². The lowest BCUT2D eigenvalue weighted by atomic mass is 10.0. The highest BCUT2D eigenvalue weighted by molar-refractivity contribution is 7.89. The molecule has 28 heavy (non-hydrogen) atoms. The predicted molar refractivity (Wildman–Crippen MR) is 105 cm³/mol. The second-order valence-corrected chi connectivity index (χ2v) is 8.74. The molecular formula is C20H23FN2O4S. The Kier molecular flexibility index (Phi) is 6.31. The predicted octanol–water partition coefficient (Wildman–Crippen LogP) is 2.94. The summed E-state index contributed by atoms with van der Waals surface area (Å²) < 4.78 is 44.9. The van der Waals surface area contributed by atoms with E-state index in [-0.39, 0.29) is 18.1 Å². The van der Waals surface area contributed by atoms with Crippen LogP contribution in [0.1, 0.15) is 24.5 Å². The number of ether oxygens (including phenoxy) is 1. The molecule has 1 amide bonds. The van der Waals surface area contributed by atoms with E-state index in [1.54, 1.807) is 24.3 Å². The fourth-order valence-corrected chi connectivity index (χ4v) is 4.61. The molecule has 0 spiro atoms. The molecule has 150 valence electrons. The molecule has 1 aliphatic heterocycles. The highest BCUT2D eigenvalue weighted by Gasteiger charge is 2.26. The van der Waals surface area contributed by atoms with Gasteiger partial charge in [0.2, 0.25) is 10.0 Å². The monoisotopic (exact) mass is 406 g/mol. The Labute approximate surface area is 164 Å². The molecule has 0 atom stereocenters. The van der Waals surface area contributed by atoms with Gasteiger partial charge in [-0.1, -0.05) is 25.1 Å². The minimum atomic E-state index is -3.26. The van der Waals surface area contributed by atoms with Crippen molar-refractivity contribution in [2.45, 2.75) is 26.3 Å². The van der Waals surface area contributed by atoms with Crippen molar-refractivity contribution in [3.8, 4) is 5.75 Å².